The molecule has 0 saturated heterocycles. The fraction of sp³-hybridized carbons (Fsp3) is 0.625. The minimum Gasteiger partial charge on any atom is -0.368 e. The molecule has 0 aromatic rings. The molecule has 1 N–H and O–H groups in total. The highest BCUT2D eigenvalue weighted by molar-refractivity contribution is 5.75. The highest BCUT2D eigenvalue weighted by Gasteiger charge is 2.03. The summed E-state index contributed by atoms with van der Waals surface area (Å²) in [6.07, 6.45) is 1.44. The molecule has 0 aromatic carbocycles. The summed E-state index contributed by atoms with van der Waals surface area (Å²) in [6, 6.07) is 0. The summed E-state index contributed by atoms with van der Waals surface area (Å²) in [4.78, 5) is 10.4. The van der Waals surface area contributed by atoms with Gasteiger partial charge in [-0.1, -0.05) is 6.08 Å². The highest BCUT2D eigenvalue weighted by atomic mass is 16.6. The van der Waals surface area contributed by atoms with Crippen molar-refractivity contribution in [2.45, 2.75) is 26.1 Å². The van der Waals surface area contributed by atoms with Crippen LogP contribution in [0.5, 0.6) is 0 Å². The summed E-state index contributed by atoms with van der Waals surface area (Å²) in [5.74, 6) is 0.0613. The molecule has 0 aromatic heterocycles. The number of Topliss-reactive ketones (excluding diaryl/α,β-unsaturated/α-hetero) is 1. The van der Waals surface area contributed by atoms with E-state index in [1.54, 1.807) is 6.08 Å². The zero-order chi connectivity index (χ0) is 8.69. The van der Waals surface area contributed by atoms with Crippen molar-refractivity contribution in [3.63, 3.8) is 0 Å². The Bertz CT molecular complexity index is 131. The fourth-order valence-electron chi connectivity index (χ4n) is 0.589. The van der Waals surface area contributed by atoms with Gasteiger partial charge >= 0.3 is 0 Å². The zero-order valence-corrected chi connectivity index (χ0v) is 6.75. The van der Waals surface area contributed by atoms with Gasteiger partial charge in [0.1, 0.15) is 5.78 Å². The van der Waals surface area contributed by atoms with Crippen molar-refractivity contribution in [3.8, 4) is 0 Å². The second kappa shape index (κ2) is 6.07. The van der Waals surface area contributed by atoms with Crippen LogP contribution in [0.15, 0.2) is 12.7 Å². The molecular weight excluding hydrogens is 144 g/mol. The first-order valence-corrected chi connectivity index (χ1v) is 3.56. The molecule has 0 radical (unpaired) electrons. The first-order chi connectivity index (χ1) is 5.16. The largest absolute Gasteiger partial charge is 0.368 e. The molecule has 0 spiro atoms. The molecule has 0 heterocycles. The smallest absolute Gasteiger partial charge is 0.155 e. The molecule has 1 atom stereocenters. The summed E-state index contributed by atoms with van der Waals surface area (Å²) in [7, 11) is 0. The monoisotopic (exact) mass is 158 g/mol. The van der Waals surface area contributed by atoms with Crippen molar-refractivity contribution in [2.75, 3.05) is 6.61 Å². The van der Waals surface area contributed by atoms with E-state index in [0.29, 0.717) is 19.4 Å². The van der Waals surface area contributed by atoms with Crippen LogP contribution in [0.4, 0.5) is 0 Å². The number of carbonyl (C=O) groups excluding carboxylic acids is 1. The van der Waals surface area contributed by atoms with Gasteiger partial charge < -0.3 is 14.6 Å². The van der Waals surface area contributed by atoms with E-state index in [2.05, 4.69) is 6.58 Å². The summed E-state index contributed by atoms with van der Waals surface area (Å²) in [5, 5.41) is 9.01. The van der Waals surface area contributed by atoms with Crippen LogP contribution in [0, 0.1) is 0 Å². The van der Waals surface area contributed by atoms with Crippen molar-refractivity contribution in [1.82, 2.24) is 0 Å². The van der Waals surface area contributed by atoms with Crippen LogP contribution < -0.4 is 0 Å². The van der Waals surface area contributed by atoms with Gasteiger partial charge in [0.2, 0.25) is 0 Å². The van der Waals surface area contributed by atoms with Gasteiger partial charge in [-0.2, -0.15) is 0 Å². The Morgan fingerprint density at radius 2 is 2.45 bits per heavy atom. The predicted octanol–water partition coefficient (Wildman–Crippen LogP) is 0.877. The summed E-state index contributed by atoms with van der Waals surface area (Å²) in [5.41, 5.74) is 0. The van der Waals surface area contributed by atoms with Gasteiger partial charge in [0, 0.05) is 12.8 Å². The predicted molar refractivity (Wildman–Crippen MR) is 42.1 cm³/mol. The molecule has 0 aliphatic carbocycles. The third-order valence-corrected chi connectivity index (χ3v) is 1.15. The molecule has 0 rings (SSSR count). The SMILES string of the molecule is C=CCOC(O)CCC(C)=O. The van der Waals surface area contributed by atoms with Crippen LogP contribution in [0.2, 0.25) is 0 Å². The van der Waals surface area contributed by atoms with Gasteiger partial charge in [0.25, 0.3) is 0 Å². The Morgan fingerprint density at radius 1 is 1.82 bits per heavy atom. The molecule has 3 nitrogen and oxygen atoms in total. The minimum absolute atomic E-state index is 0.0613. The van der Waals surface area contributed by atoms with Gasteiger partial charge in [-0.05, 0) is 6.92 Å². The van der Waals surface area contributed by atoms with Crippen LogP contribution in [0.3, 0.4) is 0 Å². The quantitative estimate of drug-likeness (QED) is 0.461. The molecule has 0 fully saturated rings. The molecule has 11 heavy (non-hydrogen) atoms. The Kier molecular flexibility index (Phi) is 5.70. The number of rotatable bonds is 6. The average Bonchev–Trinajstić information content (AvgIpc) is 1.97. The van der Waals surface area contributed by atoms with E-state index in [9.17, 15) is 4.79 Å². The third-order valence-electron chi connectivity index (χ3n) is 1.15. The van der Waals surface area contributed by atoms with Gasteiger partial charge in [-0.15, -0.1) is 6.58 Å². The second-order valence-corrected chi connectivity index (χ2v) is 2.32. The standard InChI is InChI=1S/C8H14O3/c1-3-6-11-8(10)5-4-7(2)9/h3,8,10H,1,4-6H2,2H3. The Balaban J connectivity index is 3.28. The van der Waals surface area contributed by atoms with Crippen LogP contribution in [0.25, 0.3) is 0 Å². The lowest BCUT2D eigenvalue weighted by Crippen LogP contribution is -2.12. The van der Waals surface area contributed by atoms with E-state index in [1.165, 1.54) is 6.92 Å². The number of ketones is 1. The summed E-state index contributed by atoms with van der Waals surface area (Å²) < 4.78 is 4.83. The molecule has 1 unspecified atom stereocenters. The molecule has 0 saturated carbocycles. The van der Waals surface area contributed by atoms with E-state index in [-0.39, 0.29) is 5.78 Å². The molecule has 0 amide bonds. The maximum atomic E-state index is 10.4. The number of ether oxygens (including phenoxy) is 1. The first-order valence-electron chi connectivity index (χ1n) is 3.56. The number of aliphatic hydroxyl groups excluding tert-OH is 1. The van der Waals surface area contributed by atoms with Crippen molar-refractivity contribution in [3.05, 3.63) is 12.7 Å². The highest BCUT2D eigenvalue weighted by Crippen LogP contribution is 1.98. The molecule has 3 heteroatoms. The van der Waals surface area contributed by atoms with E-state index in [4.69, 9.17) is 9.84 Å². The Morgan fingerprint density at radius 3 is 2.91 bits per heavy atom. The molecule has 0 aliphatic heterocycles. The van der Waals surface area contributed by atoms with Crippen molar-refractivity contribution in [1.29, 1.82) is 0 Å². The van der Waals surface area contributed by atoms with Crippen LogP contribution in [-0.4, -0.2) is 23.8 Å². The second-order valence-electron chi connectivity index (χ2n) is 2.32. The molecular formula is C8H14O3. The lowest BCUT2D eigenvalue weighted by atomic mass is 10.2. The lowest BCUT2D eigenvalue weighted by Gasteiger charge is -2.08. The maximum absolute atomic E-state index is 10.4. The number of hydrogen-bond acceptors (Lipinski definition) is 3. The van der Waals surface area contributed by atoms with Gasteiger partial charge in [-0.25, -0.2) is 0 Å². The van der Waals surface area contributed by atoms with E-state index in [0.717, 1.165) is 0 Å². The topological polar surface area (TPSA) is 46.5 Å². The number of aliphatic hydroxyl groups is 1. The van der Waals surface area contributed by atoms with Gasteiger partial charge in [0.15, 0.2) is 6.29 Å². The normalized spacial score (nSPS) is 12.5. The average molecular weight is 158 g/mol. The fourth-order valence-corrected chi connectivity index (χ4v) is 0.589. The Hall–Kier alpha value is -0.670. The maximum Gasteiger partial charge on any atom is 0.155 e. The number of carbonyl (C=O) groups is 1. The Labute approximate surface area is 66.7 Å². The van der Waals surface area contributed by atoms with Crippen LogP contribution in [0.1, 0.15) is 19.8 Å². The van der Waals surface area contributed by atoms with Crippen molar-refractivity contribution < 1.29 is 14.6 Å². The molecule has 64 valence electrons. The first kappa shape index (κ1) is 10.3. The van der Waals surface area contributed by atoms with E-state index in [1.807, 2.05) is 0 Å². The summed E-state index contributed by atoms with van der Waals surface area (Å²) in [6.45, 7) is 5.23. The van der Waals surface area contributed by atoms with Gasteiger partial charge in [-0.3, -0.25) is 0 Å². The summed E-state index contributed by atoms with van der Waals surface area (Å²) >= 11 is 0. The zero-order valence-electron chi connectivity index (χ0n) is 6.75. The molecule has 0 aliphatic rings. The van der Waals surface area contributed by atoms with E-state index < -0.39 is 6.29 Å². The van der Waals surface area contributed by atoms with E-state index >= 15 is 0 Å². The van der Waals surface area contributed by atoms with Crippen molar-refractivity contribution >= 4 is 5.78 Å². The third kappa shape index (κ3) is 7.22. The minimum atomic E-state index is -0.836. The van der Waals surface area contributed by atoms with Crippen LogP contribution in [-0.2, 0) is 9.53 Å². The van der Waals surface area contributed by atoms with Gasteiger partial charge in [0.05, 0.1) is 6.61 Å². The van der Waals surface area contributed by atoms with Crippen LogP contribution >= 0.6 is 0 Å². The number of hydrogen-bond donors (Lipinski definition) is 1. The lowest BCUT2D eigenvalue weighted by molar-refractivity contribution is -0.122. The van der Waals surface area contributed by atoms with Crippen molar-refractivity contribution in [2.24, 2.45) is 0 Å². The molecule has 0 bridgehead atoms.